The second-order valence-electron chi connectivity index (χ2n) is 3.92. The maximum atomic E-state index is 5.08. The Morgan fingerprint density at radius 3 is 2.12 bits per heavy atom. The molecule has 1 fully saturated rings. The Bertz CT molecular complexity index is 307. The van der Waals surface area contributed by atoms with Gasteiger partial charge in [0.25, 0.3) is 0 Å². The van der Waals surface area contributed by atoms with Gasteiger partial charge in [-0.25, -0.2) is 0 Å². The normalized spacial score (nSPS) is 16.9. The fourth-order valence-electron chi connectivity index (χ4n) is 1.98. The van der Waals surface area contributed by atoms with Crippen LogP contribution in [0, 0.1) is 0 Å². The van der Waals surface area contributed by atoms with Crippen molar-refractivity contribution in [3.8, 4) is 0 Å². The van der Waals surface area contributed by atoms with E-state index in [0.29, 0.717) is 0 Å². The van der Waals surface area contributed by atoms with Crippen molar-refractivity contribution in [2.24, 2.45) is 0 Å². The summed E-state index contributed by atoms with van der Waals surface area (Å²) in [5, 5.41) is 0. The summed E-state index contributed by atoms with van der Waals surface area (Å²) in [6, 6.07) is 8.28. The molecule has 0 N–H and O–H groups in total. The quantitative estimate of drug-likeness (QED) is 0.474. The van der Waals surface area contributed by atoms with Crippen LogP contribution < -0.4 is 34.5 Å². The molecular formula is C12H17N2NaS. The van der Waals surface area contributed by atoms with Gasteiger partial charge in [0, 0.05) is 31.9 Å². The predicted molar refractivity (Wildman–Crippen MR) is 66.4 cm³/mol. The Kier molecular flexibility index (Phi) is 6.08. The molecule has 0 bridgehead atoms. The minimum absolute atomic E-state index is 0. The van der Waals surface area contributed by atoms with Crippen molar-refractivity contribution in [2.75, 3.05) is 37.6 Å². The van der Waals surface area contributed by atoms with Crippen molar-refractivity contribution in [1.29, 1.82) is 0 Å². The molecule has 0 unspecified atom stereocenters. The summed E-state index contributed by atoms with van der Waals surface area (Å²) in [4.78, 5) is 5.84. The molecule has 0 atom stereocenters. The molecule has 1 aromatic carbocycles. The fraction of sp³-hybridized carbons (Fsp3) is 0.500. The van der Waals surface area contributed by atoms with Crippen LogP contribution in [0.25, 0.3) is 0 Å². The van der Waals surface area contributed by atoms with Gasteiger partial charge in [-0.2, -0.15) is 4.90 Å². The molecular weight excluding hydrogens is 227 g/mol. The molecule has 0 saturated carbocycles. The monoisotopic (exact) mass is 244 g/mol. The standard InChI is InChI=1S/C12H18N2S.Na/c1-2-13-7-9-14(10-8-13)11-3-5-12(15)6-4-11;/h3-6,15H,2,7-10H2,1H3;/q;+1/p-1. The number of benzene rings is 1. The van der Waals surface area contributed by atoms with E-state index in [1.807, 2.05) is 12.1 Å². The van der Waals surface area contributed by atoms with Crippen molar-refractivity contribution in [1.82, 2.24) is 4.90 Å². The second-order valence-corrected chi connectivity index (χ2v) is 4.39. The van der Waals surface area contributed by atoms with Gasteiger partial charge < -0.3 is 22.4 Å². The maximum absolute atomic E-state index is 5.08. The summed E-state index contributed by atoms with van der Waals surface area (Å²) in [5.74, 6) is 0. The van der Waals surface area contributed by atoms with Crippen molar-refractivity contribution < 1.29 is 29.6 Å². The van der Waals surface area contributed by atoms with E-state index < -0.39 is 0 Å². The van der Waals surface area contributed by atoms with Crippen molar-refractivity contribution in [3.63, 3.8) is 0 Å². The van der Waals surface area contributed by atoms with Crippen LogP contribution >= 0.6 is 0 Å². The van der Waals surface area contributed by atoms with Gasteiger partial charge in [0.1, 0.15) is 0 Å². The first-order valence-electron chi connectivity index (χ1n) is 5.54. The van der Waals surface area contributed by atoms with Crippen molar-refractivity contribution in [3.05, 3.63) is 24.3 Å². The first kappa shape index (κ1) is 14.3. The van der Waals surface area contributed by atoms with Gasteiger partial charge in [-0.1, -0.05) is 19.1 Å². The first-order chi connectivity index (χ1) is 7.29. The summed E-state index contributed by atoms with van der Waals surface area (Å²) in [6.07, 6.45) is 0. The maximum Gasteiger partial charge on any atom is 1.00 e. The molecule has 1 heterocycles. The number of anilines is 1. The topological polar surface area (TPSA) is 6.48 Å². The van der Waals surface area contributed by atoms with E-state index in [4.69, 9.17) is 12.6 Å². The molecule has 4 heteroatoms. The van der Waals surface area contributed by atoms with E-state index in [1.54, 1.807) is 0 Å². The smallest absolute Gasteiger partial charge is 0.780 e. The average molecular weight is 244 g/mol. The van der Waals surface area contributed by atoms with Crippen LogP contribution in [0.1, 0.15) is 6.92 Å². The fourth-order valence-corrected chi connectivity index (χ4v) is 2.12. The zero-order valence-electron chi connectivity index (χ0n) is 10.1. The molecule has 0 aliphatic carbocycles. The molecule has 2 rings (SSSR count). The predicted octanol–water partition coefficient (Wildman–Crippen LogP) is -1.26. The molecule has 2 nitrogen and oxygen atoms in total. The third-order valence-corrected chi connectivity index (χ3v) is 3.29. The molecule has 1 saturated heterocycles. The Labute approximate surface area is 126 Å². The second kappa shape index (κ2) is 6.82. The van der Waals surface area contributed by atoms with E-state index in [1.165, 1.54) is 25.3 Å². The van der Waals surface area contributed by atoms with Gasteiger partial charge in [0.2, 0.25) is 0 Å². The van der Waals surface area contributed by atoms with Gasteiger partial charge in [0.05, 0.1) is 0 Å². The van der Waals surface area contributed by atoms with E-state index in [2.05, 4.69) is 28.9 Å². The van der Waals surface area contributed by atoms with Crippen LogP contribution in [-0.4, -0.2) is 37.6 Å². The largest absolute Gasteiger partial charge is 1.00 e. The molecule has 0 spiro atoms. The van der Waals surface area contributed by atoms with E-state index in [-0.39, 0.29) is 29.6 Å². The summed E-state index contributed by atoms with van der Waals surface area (Å²) in [5.41, 5.74) is 1.30. The molecule has 0 amide bonds. The van der Waals surface area contributed by atoms with E-state index >= 15 is 0 Å². The molecule has 1 aliphatic heterocycles. The number of hydrogen-bond donors (Lipinski definition) is 0. The third kappa shape index (κ3) is 3.60. The minimum atomic E-state index is 0. The zero-order chi connectivity index (χ0) is 10.7. The van der Waals surface area contributed by atoms with Gasteiger partial charge in [0.15, 0.2) is 0 Å². The summed E-state index contributed by atoms with van der Waals surface area (Å²) in [6.45, 7) is 7.99. The van der Waals surface area contributed by atoms with Crippen LogP contribution in [0.2, 0.25) is 0 Å². The zero-order valence-corrected chi connectivity index (χ0v) is 13.0. The molecule has 16 heavy (non-hydrogen) atoms. The molecule has 1 aromatic rings. The number of piperazine rings is 1. The Morgan fingerprint density at radius 2 is 1.62 bits per heavy atom. The Balaban J connectivity index is 0.00000128. The van der Waals surface area contributed by atoms with E-state index in [0.717, 1.165) is 18.0 Å². The van der Waals surface area contributed by atoms with Gasteiger partial charge in [-0.15, -0.1) is 0 Å². The van der Waals surface area contributed by atoms with E-state index in [9.17, 15) is 0 Å². The number of rotatable bonds is 2. The SMILES string of the molecule is CCN1CCN(c2ccc([S-])cc2)CC1.[Na+]. The van der Waals surface area contributed by atoms with Crippen LogP contribution in [0.5, 0.6) is 0 Å². The summed E-state index contributed by atoms with van der Waals surface area (Å²) in [7, 11) is 0. The average Bonchev–Trinajstić information content (AvgIpc) is 2.30. The number of hydrogen-bond acceptors (Lipinski definition) is 3. The van der Waals surface area contributed by atoms with Crippen LogP contribution in [0.4, 0.5) is 5.69 Å². The minimum Gasteiger partial charge on any atom is -0.780 e. The van der Waals surface area contributed by atoms with Crippen molar-refractivity contribution >= 4 is 18.3 Å². The Hall–Kier alpha value is 0.200. The van der Waals surface area contributed by atoms with Crippen LogP contribution in [0.3, 0.4) is 0 Å². The van der Waals surface area contributed by atoms with Crippen LogP contribution in [-0.2, 0) is 12.6 Å². The van der Waals surface area contributed by atoms with Gasteiger partial charge >= 0.3 is 29.6 Å². The first-order valence-corrected chi connectivity index (χ1v) is 5.95. The molecule has 0 aromatic heterocycles. The number of likely N-dealkylation sites (N-methyl/N-ethyl adjacent to an activating group) is 1. The summed E-state index contributed by atoms with van der Waals surface area (Å²) >= 11 is 5.08. The molecule has 82 valence electrons. The van der Waals surface area contributed by atoms with Crippen LogP contribution in [0.15, 0.2) is 29.2 Å². The van der Waals surface area contributed by atoms with Gasteiger partial charge in [-0.05, 0) is 18.7 Å². The summed E-state index contributed by atoms with van der Waals surface area (Å²) < 4.78 is 0. The Morgan fingerprint density at radius 1 is 1.06 bits per heavy atom. The molecule has 1 aliphatic rings. The van der Waals surface area contributed by atoms with Crippen molar-refractivity contribution in [2.45, 2.75) is 11.8 Å². The third-order valence-electron chi connectivity index (χ3n) is 3.02. The number of nitrogens with zero attached hydrogens (tertiary/aromatic N) is 2. The van der Waals surface area contributed by atoms with Gasteiger partial charge in [-0.3, -0.25) is 0 Å². The molecule has 0 radical (unpaired) electrons.